The molecule has 0 radical (unpaired) electrons. The standard InChI is InChI=1S/C20H20BF3O9S/c21-6-9-2-1-8(17(25)33-14(20(22,23)24)7-34(28,29)30)4-12(9)31-18(26)15-10-3-11-13(5-10)32-19(27)16(11)15/h1-2,4,10-11,13-16H,3,5-7,21H2,(H,28,29,30). The minimum Gasteiger partial charge on any atom is -0.462 e. The molecule has 9 nitrogen and oxygen atoms in total. The topological polar surface area (TPSA) is 133 Å². The second-order valence-electron chi connectivity index (χ2n) is 8.70. The van der Waals surface area contributed by atoms with Crippen LogP contribution < -0.4 is 4.74 Å². The Hall–Kier alpha value is -2.61. The summed E-state index contributed by atoms with van der Waals surface area (Å²) in [4.78, 5) is 37.5. The molecule has 6 unspecified atom stereocenters. The average Bonchev–Trinajstić information content (AvgIpc) is 3.34. The Balaban J connectivity index is 1.53. The summed E-state index contributed by atoms with van der Waals surface area (Å²) in [6.07, 6.45) is -6.94. The van der Waals surface area contributed by atoms with Crippen LogP contribution in [-0.2, 0) is 35.5 Å². The van der Waals surface area contributed by atoms with Gasteiger partial charge in [-0.2, -0.15) is 21.6 Å². The summed E-state index contributed by atoms with van der Waals surface area (Å²) in [5, 5.41) is 0. The Morgan fingerprint density at radius 2 is 1.97 bits per heavy atom. The highest BCUT2D eigenvalue weighted by molar-refractivity contribution is 7.85. The number of rotatable bonds is 7. The van der Waals surface area contributed by atoms with Crippen LogP contribution in [0.15, 0.2) is 18.2 Å². The minimum absolute atomic E-state index is 0.0379. The number of hydrogen-bond donors (Lipinski definition) is 1. The van der Waals surface area contributed by atoms with E-state index >= 15 is 0 Å². The van der Waals surface area contributed by atoms with Gasteiger partial charge in [0.05, 0.1) is 17.4 Å². The van der Waals surface area contributed by atoms with E-state index in [9.17, 15) is 36.0 Å². The van der Waals surface area contributed by atoms with Crippen molar-refractivity contribution in [3.63, 3.8) is 0 Å². The van der Waals surface area contributed by atoms with Crippen molar-refractivity contribution in [2.75, 3.05) is 5.75 Å². The largest absolute Gasteiger partial charge is 0.462 e. The van der Waals surface area contributed by atoms with E-state index in [2.05, 4.69) is 4.74 Å². The fourth-order valence-corrected chi connectivity index (χ4v) is 5.79. The lowest BCUT2D eigenvalue weighted by Crippen LogP contribution is -2.39. The predicted octanol–water partition coefficient (Wildman–Crippen LogP) is 0.898. The molecule has 0 amide bonds. The molecule has 34 heavy (non-hydrogen) atoms. The van der Waals surface area contributed by atoms with E-state index in [-0.39, 0.29) is 23.7 Å². The maximum Gasteiger partial charge on any atom is 0.426 e. The van der Waals surface area contributed by atoms with Crippen molar-refractivity contribution in [2.24, 2.45) is 23.7 Å². The molecular formula is C20H20BF3O9S. The molecule has 0 aromatic heterocycles. The molecule has 1 aromatic rings. The van der Waals surface area contributed by atoms with Gasteiger partial charge in [0.25, 0.3) is 10.1 Å². The van der Waals surface area contributed by atoms with Crippen LogP contribution in [-0.4, -0.2) is 62.9 Å². The Labute approximate surface area is 193 Å². The van der Waals surface area contributed by atoms with Crippen molar-refractivity contribution >= 4 is 35.9 Å². The van der Waals surface area contributed by atoms with Crippen LogP contribution in [0.25, 0.3) is 0 Å². The molecule has 1 heterocycles. The molecule has 2 saturated carbocycles. The normalized spacial score (nSPS) is 28.5. The molecule has 14 heteroatoms. The van der Waals surface area contributed by atoms with Crippen molar-refractivity contribution in [1.29, 1.82) is 0 Å². The van der Waals surface area contributed by atoms with Gasteiger partial charge in [-0.1, -0.05) is 12.4 Å². The average molecular weight is 504 g/mol. The van der Waals surface area contributed by atoms with Gasteiger partial charge in [0.2, 0.25) is 6.10 Å². The highest BCUT2D eigenvalue weighted by Gasteiger charge is 2.64. The number of esters is 3. The number of benzene rings is 1. The fourth-order valence-electron chi connectivity index (χ4n) is 5.15. The second kappa shape index (κ2) is 8.56. The van der Waals surface area contributed by atoms with E-state index in [1.807, 2.05) is 0 Å². The zero-order chi connectivity index (χ0) is 25.0. The summed E-state index contributed by atoms with van der Waals surface area (Å²) in [6, 6.07) is 3.55. The number of hydrogen-bond acceptors (Lipinski definition) is 8. The summed E-state index contributed by atoms with van der Waals surface area (Å²) in [6.45, 7) is 0. The van der Waals surface area contributed by atoms with Crippen LogP contribution in [0.1, 0.15) is 28.8 Å². The van der Waals surface area contributed by atoms with E-state index in [1.165, 1.54) is 6.07 Å². The van der Waals surface area contributed by atoms with Crippen LogP contribution >= 0.6 is 0 Å². The van der Waals surface area contributed by atoms with E-state index in [4.69, 9.17) is 14.0 Å². The first-order chi connectivity index (χ1) is 15.8. The summed E-state index contributed by atoms with van der Waals surface area (Å²) < 4.78 is 84.9. The van der Waals surface area contributed by atoms with Gasteiger partial charge < -0.3 is 14.2 Å². The van der Waals surface area contributed by atoms with Gasteiger partial charge in [-0.3, -0.25) is 14.1 Å². The first kappa shape index (κ1) is 24.5. The van der Waals surface area contributed by atoms with Gasteiger partial charge >= 0.3 is 24.1 Å². The minimum atomic E-state index is -5.25. The second-order valence-corrected chi connectivity index (χ2v) is 10.2. The first-order valence-electron chi connectivity index (χ1n) is 10.6. The van der Waals surface area contributed by atoms with E-state index in [1.54, 1.807) is 7.85 Å². The van der Waals surface area contributed by atoms with E-state index in [0.717, 1.165) is 12.1 Å². The third-order valence-electron chi connectivity index (χ3n) is 6.63. The van der Waals surface area contributed by atoms with Gasteiger partial charge in [0.15, 0.2) is 0 Å². The van der Waals surface area contributed by atoms with E-state index < -0.39 is 63.5 Å². The zero-order valence-electron chi connectivity index (χ0n) is 17.8. The molecule has 1 N–H and O–H groups in total. The number of alkyl halides is 3. The fraction of sp³-hybridized carbons (Fsp3) is 0.550. The third kappa shape index (κ3) is 4.65. The maximum absolute atomic E-state index is 13.1. The lowest BCUT2D eigenvalue weighted by atomic mass is 9.80. The highest BCUT2D eigenvalue weighted by Crippen LogP contribution is 2.58. The Morgan fingerprint density at radius 3 is 2.59 bits per heavy atom. The smallest absolute Gasteiger partial charge is 0.426 e. The van der Waals surface area contributed by atoms with Gasteiger partial charge in [-0.25, -0.2) is 4.79 Å². The summed E-state index contributed by atoms with van der Waals surface area (Å²) in [7, 11) is -3.37. The Bertz CT molecular complexity index is 1130. The quantitative estimate of drug-likeness (QED) is 0.249. The first-order valence-corrected chi connectivity index (χ1v) is 12.2. The van der Waals surface area contributed by atoms with Crippen LogP contribution in [0.3, 0.4) is 0 Å². The highest BCUT2D eigenvalue weighted by atomic mass is 32.2. The molecule has 1 aliphatic heterocycles. The van der Waals surface area contributed by atoms with Crippen molar-refractivity contribution in [1.82, 2.24) is 0 Å². The SMILES string of the molecule is BCc1ccc(C(=O)OC(CS(=O)(=O)O)C(F)(F)F)cc1OC(=O)C1C2CC3OC(=O)C1C3C2. The molecule has 4 rings (SSSR count). The molecule has 2 bridgehead atoms. The number of fused-ring (bicyclic) bond motifs is 1. The molecule has 2 aliphatic carbocycles. The summed E-state index contributed by atoms with van der Waals surface area (Å²) in [5.41, 5.74) is 0.0584. The van der Waals surface area contributed by atoms with Gasteiger partial charge in [0.1, 0.15) is 25.5 Å². The number of halogens is 3. The van der Waals surface area contributed by atoms with Crippen molar-refractivity contribution < 1.29 is 54.7 Å². The van der Waals surface area contributed by atoms with Gasteiger partial charge in [-0.15, -0.1) is 0 Å². The molecule has 6 atom stereocenters. The van der Waals surface area contributed by atoms with Crippen LogP contribution in [0, 0.1) is 23.7 Å². The molecule has 0 spiro atoms. The molecule has 3 fully saturated rings. The van der Waals surface area contributed by atoms with E-state index in [0.29, 0.717) is 24.7 Å². The summed E-state index contributed by atoms with van der Waals surface area (Å²) >= 11 is 0. The van der Waals surface area contributed by atoms with Gasteiger partial charge in [0, 0.05) is 5.92 Å². The molecule has 1 saturated heterocycles. The lowest BCUT2D eigenvalue weighted by molar-refractivity contribution is -0.197. The van der Waals surface area contributed by atoms with Crippen LogP contribution in [0.5, 0.6) is 5.75 Å². The monoisotopic (exact) mass is 504 g/mol. The van der Waals surface area contributed by atoms with Crippen LogP contribution in [0.4, 0.5) is 13.2 Å². The Morgan fingerprint density at radius 1 is 1.26 bits per heavy atom. The van der Waals surface area contributed by atoms with Gasteiger partial charge in [-0.05, 0) is 36.5 Å². The molecule has 1 aromatic carbocycles. The van der Waals surface area contributed by atoms with Crippen molar-refractivity contribution in [2.45, 2.75) is 37.5 Å². The predicted molar refractivity (Wildman–Crippen MR) is 109 cm³/mol. The van der Waals surface area contributed by atoms with Crippen LogP contribution in [0.2, 0.25) is 0 Å². The molecular weight excluding hydrogens is 484 g/mol. The third-order valence-corrected chi connectivity index (χ3v) is 7.35. The zero-order valence-corrected chi connectivity index (χ0v) is 18.6. The summed E-state index contributed by atoms with van der Waals surface area (Å²) in [5.74, 6) is -6.01. The Kier molecular flexibility index (Phi) is 6.17. The number of carbonyl (C=O) groups excluding carboxylic acids is 3. The number of carbonyl (C=O) groups is 3. The number of ether oxygens (including phenoxy) is 3. The molecule has 184 valence electrons. The van der Waals surface area contributed by atoms with Crippen molar-refractivity contribution in [3.05, 3.63) is 29.3 Å². The van der Waals surface area contributed by atoms with Crippen molar-refractivity contribution in [3.8, 4) is 5.75 Å². The molecule has 3 aliphatic rings. The maximum atomic E-state index is 13.1. The lowest BCUT2D eigenvalue weighted by Gasteiger charge is -2.23.